The first-order valence-electron chi connectivity index (χ1n) is 8.55. The van der Waals surface area contributed by atoms with E-state index in [2.05, 4.69) is 0 Å². The molecule has 0 spiro atoms. The van der Waals surface area contributed by atoms with Crippen molar-refractivity contribution in [3.63, 3.8) is 0 Å². The van der Waals surface area contributed by atoms with E-state index in [1.54, 1.807) is 0 Å². The van der Waals surface area contributed by atoms with Crippen LogP contribution in [-0.4, -0.2) is 41.4 Å². The number of carbonyl (C=O) groups excluding carboxylic acids is 1. The lowest BCUT2D eigenvalue weighted by Crippen LogP contribution is -2.38. The molecule has 0 N–H and O–H groups in total. The summed E-state index contributed by atoms with van der Waals surface area (Å²) in [6, 6.07) is 10.0. The van der Waals surface area contributed by atoms with Crippen LogP contribution in [0.4, 0.5) is 5.82 Å². The van der Waals surface area contributed by atoms with Gasteiger partial charge in [0, 0.05) is 37.7 Å². The first-order valence-corrected chi connectivity index (χ1v) is 8.55. The Morgan fingerprint density at radius 3 is 2.58 bits per heavy atom. The van der Waals surface area contributed by atoms with Crippen molar-refractivity contribution in [2.24, 2.45) is 5.92 Å². The molecular weight excluding hydrogens is 300 g/mol. The smallest absolute Gasteiger partial charge is 0.226 e. The van der Waals surface area contributed by atoms with Gasteiger partial charge in [-0.2, -0.15) is 0 Å². The first-order chi connectivity index (χ1) is 11.6. The normalized spacial score (nSPS) is 16.7. The standard InChI is InChI=1S/C19H22N4O/c1-22(2)18-15-10-11-23(19(24)14-8-9-14)12-16(15)20-17(21-18)13-6-4-3-5-7-13/h3-7,14H,8-12H2,1-2H3. The number of aromatic nitrogens is 2. The lowest BCUT2D eigenvalue weighted by molar-refractivity contribution is -0.133. The fourth-order valence-electron chi connectivity index (χ4n) is 3.27. The topological polar surface area (TPSA) is 49.3 Å². The van der Waals surface area contributed by atoms with Gasteiger partial charge in [-0.25, -0.2) is 9.97 Å². The van der Waals surface area contributed by atoms with E-state index < -0.39 is 0 Å². The molecule has 0 bridgehead atoms. The highest BCUT2D eigenvalue weighted by molar-refractivity contribution is 5.81. The zero-order valence-corrected chi connectivity index (χ0v) is 14.2. The molecule has 1 amide bonds. The van der Waals surface area contributed by atoms with Gasteiger partial charge in [0.15, 0.2) is 5.82 Å². The van der Waals surface area contributed by atoms with Crippen LogP contribution in [0.2, 0.25) is 0 Å². The molecule has 2 heterocycles. The molecule has 1 saturated carbocycles. The first kappa shape index (κ1) is 15.1. The van der Waals surface area contributed by atoms with E-state index in [0.29, 0.717) is 12.5 Å². The maximum Gasteiger partial charge on any atom is 0.226 e. The summed E-state index contributed by atoms with van der Waals surface area (Å²) in [5, 5.41) is 0. The minimum Gasteiger partial charge on any atom is -0.362 e. The largest absolute Gasteiger partial charge is 0.362 e. The van der Waals surface area contributed by atoms with Crippen LogP contribution in [0.15, 0.2) is 30.3 Å². The minimum absolute atomic E-state index is 0.260. The molecule has 0 saturated heterocycles. The number of benzene rings is 1. The van der Waals surface area contributed by atoms with Gasteiger partial charge in [0.05, 0.1) is 12.2 Å². The van der Waals surface area contributed by atoms with Crippen LogP contribution < -0.4 is 4.90 Å². The van der Waals surface area contributed by atoms with Gasteiger partial charge in [-0.1, -0.05) is 30.3 Å². The average Bonchev–Trinajstić information content (AvgIpc) is 3.45. The van der Waals surface area contributed by atoms with Crippen LogP contribution in [0.25, 0.3) is 11.4 Å². The highest BCUT2D eigenvalue weighted by atomic mass is 16.2. The molecule has 1 aromatic heterocycles. The summed E-state index contributed by atoms with van der Waals surface area (Å²) < 4.78 is 0. The molecule has 1 fully saturated rings. The van der Waals surface area contributed by atoms with E-state index in [1.807, 2.05) is 54.2 Å². The van der Waals surface area contributed by atoms with Gasteiger partial charge < -0.3 is 9.80 Å². The Morgan fingerprint density at radius 2 is 1.92 bits per heavy atom. The summed E-state index contributed by atoms with van der Waals surface area (Å²) in [7, 11) is 4.03. The van der Waals surface area contributed by atoms with E-state index in [1.165, 1.54) is 5.56 Å². The van der Waals surface area contributed by atoms with Crippen molar-refractivity contribution >= 4 is 11.7 Å². The SMILES string of the molecule is CN(C)c1nc(-c2ccccc2)nc2c1CCN(C(=O)C1CC1)C2. The number of hydrogen-bond donors (Lipinski definition) is 0. The molecule has 4 rings (SSSR count). The maximum atomic E-state index is 12.4. The third-order valence-electron chi connectivity index (χ3n) is 4.74. The second-order valence-corrected chi connectivity index (χ2v) is 6.84. The van der Waals surface area contributed by atoms with Gasteiger partial charge in [-0.05, 0) is 19.3 Å². The number of carbonyl (C=O) groups is 1. The number of fused-ring (bicyclic) bond motifs is 1. The van der Waals surface area contributed by atoms with Crippen LogP contribution in [0, 0.1) is 5.92 Å². The van der Waals surface area contributed by atoms with Crippen molar-refractivity contribution in [1.29, 1.82) is 0 Å². The van der Waals surface area contributed by atoms with Crippen LogP contribution >= 0.6 is 0 Å². The van der Waals surface area contributed by atoms with E-state index in [9.17, 15) is 4.79 Å². The van der Waals surface area contributed by atoms with Crippen LogP contribution in [0.1, 0.15) is 24.1 Å². The summed E-state index contributed by atoms with van der Waals surface area (Å²) in [6.45, 7) is 1.38. The van der Waals surface area contributed by atoms with E-state index in [0.717, 1.165) is 48.7 Å². The average molecular weight is 322 g/mol. The molecule has 5 heteroatoms. The Bertz CT molecular complexity index is 768. The molecule has 1 aliphatic carbocycles. The summed E-state index contributed by atoms with van der Waals surface area (Å²) >= 11 is 0. The van der Waals surface area contributed by atoms with E-state index >= 15 is 0 Å². The second-order valence-electron chi connectivity index (χ2n) is 6.84. The van der Waals surface area contributed by atoms with Crippen LogP contribution in [0.5, 0.6) is 0 Å². The van der Waals surface area contributed by atoms with Gasteiger partial charge >= 0.3 is 0 Å². The number of nitrogens with zero attached hydrogens (tertiary/aromatic N) is 4. The summed E-state index contributed by atoms with van der Waals surface area (Å²) in [4.78, 5) is 26.0. The van der Waals surface area contributed by atoms with E-state index in [-0.39, 0.29) is 5.92 Å². The Labute approximate surface area is 142 Å². The molecule has 0 unspecified atom stereocenters. The van der Waals surface area contributed by atoms with Crippen molar-refractivity contribution in [1.82, 2.24) is 14.9 Å². The Morgan fingerprint density at radius 1 is 1.17 bits per heavy atom. The summed E-state index contributed by atoms with van der Waals surface area (Å²) in [5.74, 6) is 2.26. The predicted octanol–water partition coefficient (Wildman–Crippen LogP) is 2.50. The lowest BCUT2D eigenvalue weighted by atomic mass is 10.0. The molecule has 2 aliphatic rings. The van der Waals surface area contributed by atoms with Crippen molar-refractivity contribution < 1.29 is 4.79 Å². The zero-order valence-electron chi connectivity index (χ0n) is 14.2. The number of rotatable bonds is 3. The van der Waals surface area contributed by atoms with Gasteiger partial charge in [-0.15, -0.1) is 0 Å². The third-order valence-corrected chi connectivity index (χ3v) is 4.74. The molecule has 5 nitrogen and oxygen atoms in total. The molecule has 1 aromatic carbocycles. The third kappa shape index (κ3) is 2.75. The number of hydrogen-bond acceptors (Lipinski definition) is 4. The van der Waals surface area contributed by atoms with Gasteiger partial charge in [0.25, 0.3) is 0 Å². The van der Waals surface area contributed by atoms with Crippen molar-refractivity contribution in [2.45, 2.75) is 25.8 Å². The monoisotopic (exact) mass is 322 g/mol. The van der Waals surface area contributed by atoms with Gasteiger partial charge in [0.1, 0.15) is 5.82 Å². The Kier molecular flexibility index (Phi) is 3.71. The fraction of sp³-hybridized carbons (Fsp3) is 0.421. The molecule has 24 heavy (non-hydrogen) atoms. The molecule has 0 radical (unpaired) electrons. The maximum absolute atomic E-state index is 12.4. The molecule has 124 valence electrons. The highest BCUT2D eigenvalue weighted by Gasteiger charge is 2.35. The summed E-state index contributed by atoms with van der Waals surface area (Å²) in [6.07, 6.45) is 2.92. The quantitative estimate of drug-likeness (QED) is 0.871. The number of amides is 1. The molecular formula is C19H22N4O. The second kappa shape index (κ2) is 5.89. The lowest BCUT2D eigenvalue weighted by Gasteiger charge is -2.30. The Balaban J connectivity index is 1.73. The number of anilines is 1. The molecule has 1 aliphatic heterocycles. The van der Waals surface area contributed by atoms with Crippen LogP contribution in [-0.2, 0) is 17.8 Å². The van der Waals surface area contributed by atoms with E-state index in [4.69, 9.17) is 9.97 Å². The Hall–Kier alpha value is -2.43. The highest BCUT2D eigenvalue weighted by Crippen LogP contribution is 2.34. The van der Waals surface area contributed by atoms with Crippen molar-refractivity contribution in [3.05, 3.63) is 41.6 Å². The van der Waals surface area contributed by atoms with Crippen LogP contribution in [0.3, 0.4) is 0 Å². The molecule has 2 aromatic rings. The van der Waals surface area contributed by atoms with Gasteiger partial charge in [0.2, 0.25) is 5.91 Å². The fourth-order valence-corrected chi connectivity index (χ4v) is 3.27. The molecule has 0 atom stereocenters. The van der Waals surface area contributed by atoms with Crippen molar-refractivity contribution in [2.75, 3.05) is 25.5 Å². The summed E-state index contributed by atoms with van der Waals surface area (Å²) in [5.41, 5.74) is 3.18. The minimum atomic E-state index is 0.260. The predicted molar refractivity (Wildman–Crippen MR) is 93.6 cm³/mol. The van der Waals surface area contributed by atoms with Gasteiger partial charge in [-0.3, -0.25) is 4.79 Å². The van der Waals surface area contributed by atoms with Crippen molar-refractivity contribution in [3.8, 4) is 11.4 Å². The zero-order chi connectivity index (χ0) is 16.7.